The summed E-state index contributed by atoms with van der Waals surface area (Å²) in [4.78, 5) is 43.7. The van der Waals surface area contributed by atoms with E-state index in [1.54, 1.807) is 18.1 Å². The molecule has 0 radical (unpaired) electrons. The molecule has 0 N–H and O–H groups in total. The molecule has 3 amide bonds. The Balaban J connectivity index is 1.48. The van der Waals surface area contributed by atoms with Crippen molar-refractivity contribution >= 4 is 40.6 Å². The van der Waals surface area contributed by atoms with Crippen molar-refractivity contribution in [2.45, 2.75) is 26.8 Å². The Kier molecular flexibility index (Phi) is 7.26. The molecule has 4 rings (SSSR count). The highest BCUT2D eigenvalue weighted by atomic mass is 32.2. The van der Waals surface area contributed by atoms with Gasteiger partial charge in [0.05, 0.1) is 12.0 Å². The summed E-state index contributed by atoms with van der Waals surface area (Å²) < 4.78 is 5.55. The van der Waals surface area contributed by atoms with Gasteiger partial charge in [-0.25, -0.2) is 0 Å². The lowest BCUT2D eigenvalue weighted by Crippen LogP contribution is -2.44. The summed E-state index contributed by atoms with van der Waals surface area (Å²) in [7, 11) is 1.58. The summed E-state index contributed by atoms with van der Waals surface area (Å²) in [5.41, 5.74) is 4.08. The molecule has 0 unspecified atom stereocenters. The van der Waals surface area contributed by atoms with Gasteiger partial charge in [0, 0.05) is 43.5 Å². The van der Waals surface area contributed by atoms with Crippen LogP contribution in [-0.4, -0.2) is 60.1 Å². The third kappa shape index (κ3) is 4.82. The SMILES string of the molecule is CCN(CC)c1ccc(/C=C2\SC(=O)N(CC(=O)N3CCc4ccccc4C3)C2=O)c(OC)c1. The fourth-order valence-corrected chi connectivity index (χ4v) is 5.16. The quantitative estimate of drug-likeness (QED) is 0.556. The molecule has 1 fully saturated rings. The molecule has 8 heteroatoms. The Morgan fingerprint density at radius 3 is 2.56 bits per heavy atom. The Morgan fingerprint density at radius 1 is 1.12 bits per heavy atom. The van der Waals surface area contributed by atoms with Crippen molar-refractivity contribution in [3.63, 3.8) is 0 Å². The molecule has 34 heavy (non-hydrogen) atoms. The number of thioether (sulfide) groups is 1. The van der Waals surface area contributed by atoms with Crippen LogP contribution >= 0.6 is 11.8 Å². The molecule has 178 valence electrons. The standard InChI is InChI=1S/C26H29N3O4S/c1-4-27(5-2)21-11-10-19(22(15-21)33-3)14-23-25(31)29(26(32)34-23)17-24(30)28-13-12-18-8-6-7-9-20(18)16-28/h6-11,14-15H,4-5,12-13,16-17H2,1-3H3/b23-14-. The van der Waals surface area contributed by atoms with E-state index in [0.29, 0.717) is 24.4 Å². The third-order valence-electron chi connectivity index (χ3n) is 6.28. The number of rotatable bonds is 7. The molecule has 2 aliphatic rings. The minimum atomic E-state index is -0.448. The van der Waals surface area contributed by atoms with Gasteiger partial charge in [-0.15, -0.1) is 0 Å². The zero-order chi connectivity index (χ0) is 24.2. The average Bonchev–Trinajstić information content (AvgIpc) is 3.12. The summed E-state index contributed by atoms with van der Waals surface area (Å²) in [6, 6.07) is 13.8. The van der Waals surface area contributed by atoms with Gasteiger partial charge < -0.3 is 14.5 Å². The molecule has 0 aliphatic carbocycles. The average molecular weight is 480 g/mol. The van der Waals surface area contributed by atoms with Crippen LogP contribution < -0.4 is 9.64 Å². The number of methoxy groups -OCH3 is 1. The van der Waals surface area contributed by atoms with Crippen molar-refractivity contribution in [2.24, 2.45) is 0 Å². The van der Waals surface area contributed by atoms with E-state index in [1.807, 2.05) is 36.4 Å². The molecular weight excluding hydrogens is 450 g/mol. The third-order valence-corrected chi connectivity index (χ3v) is 7.19. The van der Waals surface area contributed by atoms with E-state index in [2.05, 4.69) is 24.8 Å². The van der Waals surface area contributed by atoms with Crippen LogP contribution in [0, 0.1) is 0 Å². The normalized spacial score (nSPS) is 16.7. The molecule has 2 aromatic rings. The van der Waals surface area contributed by atoms with Crippen molar-refractivity contribution in [2.75, 3.05) is 38.2 Å². The Bertz CT molecular complexity index is 1140. The number of ether oxygens (including phenoxy) is 1. The number of hydrogen-bond acceptors (Lipinski definition) is 6. The molecular formula is C26H29N3O4S. The molecule has 0 saturated carbocycles. The monoisotopic (exact) mass is 479 g/mol. The van der Waals surface area contributed by atoms with Gasteiger partial charge in [-0.05, 0) is 61.4 Å². The van der Waals surface area contributed by atoms with Crippen molar-refractivity contribution in [1.29, 1.82) is 0 Å². The predicted molar refractivity (Wildman–Crippen MR) is 135 cm³/mol. The van der Waals surface area contributed by atoms with E-state index in [9.17, 15) is 14.4 Å². The lowest BCUT2D eigenvalue weighted by Gasteiger charge is -2.29. The summed E-state index contributed by atoms with van der Waals surface area (Å²) in [6.45, 7) is 6.74. The molecule has 7 nitrogen and oxygen atoms in total. The van der Waals surface area contributed by atoms with Crippen LogP contribution in [0.2, 0.25) is 0 Å². The summed E-state index contributed by atoms with van der Waals surface area (Å²) >= 11 is 0.854. The highest BCUT2D eigenvalue weighted by molar-refractivity contribution is 8.18. The molecule has 0 aromatic heterocycles. The molecule has 0 atom stereocenters. The number of imide groups is 1. The van der Waals surface area contributed by atoms with E-state index < -0.39 is 11.1 Å². The van der Waals surface area contributed by atoms with Crippen LogP contribution in [0.4, 0.5) is 10.5 Å². The second kappa shape index (κ2) is 10.3. The smallest absolute Gasteiger partial charge is 0.294 e. The zero-order valence-electron chi connectivity index (χ0n) is 19.7. The van der Waals surface area contributed by atoms with E-state index in [1.165, 1.54) is 5.56 Å². The first kappa shape index (κ1) is 23.9. The number of anilines is 1. The maximum Gasteiger partial charge on any atom is 0.294 e. The van der Waals surface area contributed by atoms with Gasteiger partial charge in [-0.2, -0.15) is 0 Å². The Morgan fingerprint density at radius 2 is 1.85 bits per heavy atom. The Hall–Kier alpha value is -3.26. The fraction of sp³-hybridized carbons (Fsp3) is 0.346. The summed E-state index contributed by atoms with van der Waals surface area (Å²) in [5, 5.41) is -0.430. The van der Waals surface area contributed by atoms with Gasteiger partial charge in [0.15, 0.2) is 0 Å². The van der Waals surface area contributed by atoms with Crippen molar-refractivity contribution in [3.05, 3.63) is 64.1 Å². The van der Waals surface area contributed by atoms with Crippen LogP contribution in [0.15, 0.2) is 47.4 Å². The molecule has 2 heterocycles. The van der Waals surface area contributed by atoms with E-state index in [4.69, 9.17) is 4.74 Å². The maximum absolute atomic E-state index is 13.0. The number of fused-ring (bicyclic) bond motifs is 1. The van der Waals surface area contributed by atoms with Gasteiger partial charge in [-0.1, -0.05) is 24.3 Å². The molecule has 2 aromatic carbocycles. The summed E-state index contributed by atoms with van der Waals surface area (Å²) in [6.07, 6.45) is 2.43. The van der Waals surface area contributed by atoms with Gasteiger partial charge in [0.2, 0.25) is 5.91 Å². The van der Waals surface area contributed by atoms with Crippen molar-refractivity contribution < 1.29 is 19.1 Å². The maximum atomic E-state index is 13.0. The first-order chi connectivity index (χ1) is 16.4. The number of nitrogens with zero attached hydrogens (tertiary/aromatic N) is 3. The summed E-state index contributed by atoms with van der Waals surface area (Å²) in [5.74, 6) is -0.0471. The number of carbonyl (C=O) groups is 3. The van der Waals surface area contributed by atoms with E-state index >= 15 is 0 Å². The van der Waals surface area contributed by atoms with Crippen molar-refractivity contribution in [1.82, 2.24) is 9.80 Å². The van der Waals surface area contributed by atoms with Crippen LogP contribution in [0.25, 0.3) is 6.08 Å². The highest BCUT2D eigenvalue weighted by Crippen LogP contribution is 2.35. The number of amides is 3. The first-order valence-corrected chi connectivity index (χ1v) is 12.3. The highest BCUT2D eigenvalue weighted by Gasteiger charge is 2.37. The van der Waals surface area contributed by atoms with Gasteiger partial charge >= 0.3 is 0 Å². The van der Waals surface area contributed by atoms with Gasteiger partial charge in [-0.3, -0.25) is 19.3 Å². The van der Waals surface area contributed by atoms with Crippen LogP contribution in [0.3, 0.4) is 0 Å². The van der Waals surface area contributed by atoms with Crippen LogP contribution in [0.1, 0.15) is 30.5 Å². The molecule has 2 aliphatic heterocycles. The minimum absolute atomic E-state index is 0.223. The largest absolute Gasteiger partial charge is 0.496 e. The molecule has 1 saturated heterocycles. The minimum Gasteiger partial charge on any atom is -0.496 e. The van der Waals surface area contributed by atoms with E-state index in [-0.39, 0.29) is 17.4 Å². The molecule has 0 bridgehead atoms. The topological polar surface area (TPSA) is 70.2 Å². The molecule has 0 spiro atoms. The van der Waals surface area contributed by atoms with Gasteiger partial charge in [0.25, 0.3) is 11.1 Å². The lowest BCUT2D eigenvalue weighted by atomic mass is 10.00. The van der Waals surface area contributed by atoms with Crippen LogP contribution in [-0.2, 0) is 22.6 Å². The van der Waals surface area contributed by atoms with E-state index in [0.717, 1.165) is 47.4 Å². The lowest BCUT2D eigenvalue weighted by molar-refractivity contribution is -0.136. The number of hydrogen-bond donors (Lipinski definition) is 0. The second-order valence-corrected chi connectivity index (χ2v) is 9.19. The predicted octanol–water partition coefficient (Wildman–Crippen LogP) is 4.16. The fourth-order valence-electron chi connectivity index (χ4n) is 4.33. The second-order valence-electron chi connectivity index (χ2n) is 8.20. The van der Waals surface area contributed by atoms with Crippen molar-refractivity contribution in [3.8, 4) is 5.75 Å². The number of benzene rings is 2. The first-order valence-electron chi connectivity index (χ1n) is 11.5. The van der Waals surface area contributed by atoms with Gasteiger partial charge in [0.1, 0.15) is 12.3 Å². The Labute approximate surface area is 204 Å². The number of carbonyl (C=O) groups excluding carboxylic acids is 3. The zero-order valence-corrected chi connectivity index (χ0v) is 20.6. The van der Waals surface area contributed by atoms with Crippen LogP contribution in [0.5, 0.6) is 5.75 Å².